The quantitative estimate of drug-likeness (QED) is 0.296. The van der Waals surface area contributed by atoms with Crippen LogP contribution in [-0.2, 0) is 11.3 Å². The van der Waals surface area contributed by atoms with Gasteiger partial charge in [0.2, 0.25) is 0 Å². The number of hydrogen-bond acceptors (Lipinski definition) is 3. The molecule has 0 radical (unpaired) electrons. The monoisotopic (exact) mass is 437 g/mol. The number of rotatable bonds is 7. The molecule has 1 aliphatic carbocycles. The molecule has 1 fully saturated rings. The molecule has 0 unspecified atom stereocenters. The third-order valence-corrected chi connectivity index (χ3v) is 4.52. The lowest BCUT2D eigenvalue weighted by Crippen LogP contribution is -2.37. The summed E-state index contributed by atoms with van der Waals surface area (Å²) in [5, 5.41) is 10.9. The molecule has 1 aromatic heterocycles. The van der Waals surface area contributed by atoms with E-state index in [-0.39, 0.29) is 24.0 Å². The van der Waals surface area contributed by atoms with E-state index in [1.165, 1.54) is 37.7 Å². The Kier molecular flexibility index (Phi) is 10.9. The average Bonchev–Trinajstić information content (AvgIpc) is 3.04. The van der Waals surface area contributed by atoms with Crippen molar-refractivity contribution in [3.8, 4) is 0 Å². The molecule has 2 rings (SSSR count). The molecule has 0 spiro atoms. The number of hydrogen-bond donors (Lipinski definition) is 2. The van der Waals surface area contributed by atoms with E-state index < -0.39 is 0 Å². The lowest BCUT2D eigenvalue weighted by molar-refractivity contribution is 0.0277. The minimum absolute atomic E-state index is 0. The lowest BCUT2D eigenvalue weighted by Gasteiger charge is -2.22. The van der Waals surface area contributed by atoms with E-state index >= 15 is 0 Å². The summed E-state index contributed by atoms with van der Waals surface area (Å²) >= 11 is 1.72. The van der Waals surface area contributed by atoms with Crippen molar-refractivity contribution in [2.24, 2.45) is 4.99 Å². The summed E-state index contributed by atoms with van der Waals surface area (Å²) in [6.07, 6.45) is 8.08. The zero-order valence-corrected chi connectivity index (χ0v) is 16.5. The number of nitrogens with zero attached hydrogens (tertiary/aromatic N) is 1. The largest absolute Gasteiger partial charge is 0.378 e. The summed E-state index contributed by atoms with van der Waals surface area (Å²) in [4.78, 5) is 4.23. The third-order valence-electron chi connectivity index (χ3n) is 3.78. The predicted octanol–water partition coefficient (Wildman–Crippen LogP) is 3.77. The summed E-state index contributed by atoms with van der Waals surface area (Å²) < 4.78 is 5.92. The van der Waals surface area contributed by atoms with Gasteiger partial charge in [0.05, 0.1) is 6.10 Å². The Morgan fingerprint density at radius 1 is 1.32 bits per heavy atom. The van der Waals surface area contributed by atoms with Gasteiger partial charge in [0.25, 0.3) is 0 Å². The van der Waals surface area contributed by atoms with Gasteiger partial charge in [0, 0.05) is 26.7 Å². The SMILES string of the molecule is CN=C(NCCCOC1CCCCC1)NCc1ccsc1.I. The van der Waals surface area contributed by atoms with Crippen LogP contribution < -0.4 is 10.6 Å². The van der Waals surface area contributed by atoms with Crippen LogP contribution in [-0.4, -0.2) is 32.3 Å². The van der Waals surface area contributed by atoms with Crippen LogP contribution in [0.15, 0.2) is 21.8 Å². The molecule has 6 heteroatoms. The molecule has 22 heavy (non-hydrogen) atoms. The van der Waals surface area contributed by atoms with Gasteiger partial charge in [-0.15, -0.1) is 24.0 Å². The number of nitrogens with one attached hydrogen (secondary N) is 2. The summed E-state index contributed by atoms with van der Waals surface area (Å²) in [6.45, 7) is 2.57. The summed E-state index contributed by atoms with van der Waals surface area (Å²) in [6, 6.07) is 2.13. The first-order valence-electron chi connectivity index (χ1n) is 7.95. The molecule has 1 aromatic rings. The van der Waals surface area contributed by atoms with Gasteiger partial charge in [0.1, 0.15) is 0 Å². The van der Waals surface area contributed by atoms with Crippen molar-refractivity contribution in [1.82, 2.24) is 10.6 Å². The van der Waals surface area contributed by atoms with Gasteiger partial charge < -0.3 is 15.4 Å². The molecule has 0 amide bonds. The Hall–Kier alpha value is -0.340. The van der Waals surface area contributed by atoms with Crippen molar-refractivity contribution >= 4 is 41.3 Å². The highest BCUT2D eigenvalue weighted by atomic mass is 127. The zero-order chi connectivity index (χ0) is 14.8. The summed E-state index contributed by atoms with van der Waals surface area (Å²) in [5.41, 5.74) is 1.29. The molecule has 4 nitrogen and oxygen atoms in total. The lowest BCUT2D eigenvalue weighted by atomic mass is 9.98. The van der Waals surface area contributed by atoms with Crippen molar-refractivity contribution in [1.29, 1.82) is 0 Å². The number of thiophene rings is 1. The van der Waals surface area contributed by atoms with Crippen LogP contribution in [0.5, 0.6) is 0 Å². The Morgan fingerprint density at radius 3 is 2.82 bits per heavy atom. The maximum atomic E-state index is 5.92. The number of ether oxygens (including phenoxy) is 1. The van der Waals surface area contributed by atoms with Crippen molar-refractivity contribution in [2.45, 2.75) is 51.2 Å². The fourth-order valence-corrected chi connectivity index (χ4v) is 3.23. The molecular weight excluding hydrogens is 409 g/mol. The summed E-state index contributed by atoms with van der Waals surface area (Å²) in [7, 11) is 1.81. The smallest absolute Gasteiger partial charge is 0.191 e. The van der Waals surface area contributed by atoms with Crippen molar-refractivity contribution < 1.29 is 4.74 Å². The topological polar surface area (TPSA) is 45.7 Å². The number of halogens is 1. The van der Waals surface area contributed by atoms with Gasteiger partial charge in [-0.1, -0.05) is 19.3 Å². The van der Waals surface area contributed by atoms with Crippen molar-refractivity contribution in [2.75, 3.05) is 20.2 Å². The molecular formula is C16H28IN3OS. The Balaban J connectivity index is 0.00000242. The first-order chi connectivity index (χ1) is 10.4. The minimum atomic E-state index is 0. The van der Waals surface area contributed by atoms with Crippen LogP contribution in [0.3, 0.4) is 0 Å². The van der Waals surface area contributed by atoms with E-state index in [2.05, 4.69) is 32.5 Å². The van der Waals surface area contributed by atoms with E-state index in [1.807, 2.05) is 7.05 Å². The molecule has 1 saturated carbocycles. The summed E-state index contributed by atoms with van der Waals surface area (Å²) in [5.74, 6) is 0.860. The second-order valence-corrected chi connectivity index (χ2v) is 6.25. The Morgan fingerprint density at radius 2 is 2.14 bits per heavy atom. The standard InChI is InChI=1S/C16H27N3OS.HI/c1-17-16(19-12-14-8-11-21-13-14)18-9-5-10-20-15-6-3-2-4-7-15;/h8,11,13,15H,2-7,9-10,12H2,1H3,(H2,17,18,19);1H. The average molecular weight is 437 g/mol. The predicted molar refractivity (Wildman–Crippen MR) is 105 cm³/mol. The van der Waals surface area contributed by atoms with Crippen LogP contribution in [0, 0.1) is 0 Å². The molecule has 0 atom stereocenters. The van der Waals surface area contributed by atoms with Gasteiger partial charge >= 0.3 is 0 Å². The Bertz CT molecular complexity index is 406. The fourth-order valence-electron chi connectivity index (χ4n) is 2.56. The maximum absolute atomic E-state index is 5.92. The maximum Gasteiger partial charge on any atom is 0.191 e. The highest BCUT2D eigenvalue weighted by Gasteiger charge is 2.12. The van der Waals surface area contributed by atoms with Crippen molar-refractivity contribution in [3.05, 3.63) is 22.4 Å². The van der Waals surface area contributed by atoms with Crippen LogP contribution >= 0.6 is 35.3 Å². The van der Waals surface area contributed by atoms with Crippen LogP contribution in [0.4, 0.5) is 0 Å². The first-order valence-corrected chi connectivity index (χ1v) is 8.90. The highest BCUT2D eigenvalue weighted by Crippen LogP contribution is 2.20. The van der Waals surface area contributed by atoms with E-state index in [1.54, 1.807) is 11.3 Å². The molecule has 0 bridgehead atoms. The van der Waals surface area contributed by atoms with Crippen LogP contribution in [0.25, 0.3) is 0 Å². The van der Waals surface area contributed by atoms with Gasteiger partial charge in [-0.25, -0.2) is 0 Å². The van der Waals surface area contributed by atoms with E-state index in [4.69, 9.17) is 4.74 Å². The first kappa shape index (κ1) is 19.7. The van der Waals surface area contributed by atoms with Crippen molar-refractivity contribution in [3.63, 3.8) is 0 Å². The fraction of sp³-hybridized carbons (Fsp3) is 0.688. The minimum Gasteiger partial charge on any atom is -0.378 e. The van der Waals surface area contributed by atoms with Gasteiger partial charge in [-0.3, -0.25) is 4.99 Å². The molecule has 126 valence electrons. The molecule has 0 saturated heterocycles. The number of guanidine groups is 1. The van der Waals surface area contributed by atoms with Gasteiger partial charge in [-0.05, 0) is 41.7 Å². The highest BCUT2D eigenvalue weighted by molar-refractivity contribution is 14.0. The van der Waals surface area contributed by atoms with Crippen LogP contribution in [0.2, 0.25) is 0 Å². The molecule has 1 aliphatic rings. The molecule has 0 aromatic carbocycles. The van der Waals surface area contributed by atoms with Crippen LogP contribution in [0.1, 0.15) is 44.1 Å². The second kappa shape index (κ2) is 12.1. The second-order valence-electron chi connectivity index (χ2n) is 5.47. The number of aliphatic imine (C=N–C) groups is 1. The zero-order valence-electron chi connectivity index (χ0n) is 13.3. The normalized spacial score (nSPS) is 16.1. The molecule has 0 aliphatic heterocycles. The molecule has 1 heterocycles. The molecule has 2 N–H and O–H groups in total. The van der Waals surface area contributed by atoms with E-state index in [0.29, 0.717) is 6.10 Å². The van der Waals surface area contributed by atoms with E-state index in [9.17, 15) is 0 Å². The van der Waals surface area contributed by atoms with E-state index in [0.717, 1.165) is 32.1 Å². The van der Waals surface area contributed by atoms with Gasteiger partial charge in [-0.2, -0.15) is 11.3 Å². The third kappa shape index (κ3) is 7.78. The van der Waals surface area contributed by atoms with Gasteiger partial charge in [0.15, 0.2) is 5.96 Å². The Labute approximate surface area is 155 Å².